The Hall–Kier alpha value is -4.68. The molecule has 0 spiro atoms. The molecule has 3 fully saturated rings. The summed E-state index contributed by atoms with van der Waals surface area (Å²) in [5.74, 6) is -4.54. The minimum atomic E-state index is -2.19. The molecule has 11 nitrogen and oxygen atoms in total. The van der Waals surface area contributed by atoms with Crippen molar-refractivity contribution in [3.8, 4) is 0 Å². The summed E-state index contributed by atoms with van der Waals surface area (Å²) >= 11 is 0. The van der Waals surface area contributed by atoms with E-state index in [2.05, 4.69) is 0 Å². The molecular formula is C42H44O11. The van der Waals surface area contributed by atoms with E-state index < -0.39 is 82.2 Å². The van der Waals surface area contributed by atoms with E-state index in [4.69, 9.17) is 18.9 Å². The molecule has 11 heteroatoms. The second kappa shape index (κ2) is 13.0. The molecule has 1 heterocycles. The van der Waals surface area contributed by atoms with E-state index in [0.717, 1.165) is 16.3 Å². The molecule has 9 atom stereocenters. The fourth-order valence-corrected chi connectivity index (χ4v) is 9.51. The standard InChI is InChI=1S/C42H44O11/c1-23-29(51-32(45)19-18-26-16-11-15-25-12-9-10-17-28(25)26)21-42(49)37(52-38(48)27-13-7-6-8-14-27)35-40(5,36(47)34(46)33(23)39(42,3)4)30(44)20-31-41(35,22-50-31)53-24(2)43/h6-19,29-31,34-35,37,44,46,49H,20-22H2,1-5H3/b19-18+/t29-,30-,31+,34+,35-,37-,40?,41-,42+/m0/s1. The zero-order valence-electron chi connectivity index (χ0n) is 30.3. The van der Waals surface area contributed by atoms with E-state index in [1.54, 1.807) is 45.0 Å². The van der Waals surface area contributed by atoms with Crippen LogP contribution >= 0.6 is 0 Å². The van der Waals surface area contributed by atoms with Crippen LogP contribution in [0.25, 0.3) is 16.8 Å². The van der Waals surface area contributed by atoms with E-state index in [9.17, 15) is 34.5 Å². The molecule has 3 N–H and O–H groups in total. The van der Waals surface area contributed by atoms with Gasteiger partial charge in [-0.05, 0) is 59.5 Å². The van der Waals surface area contributed by atoms with Gasteiger partial charge >= 0.3 is 17.9 Å². The number of Topliss-reactive ketones (excluding diaryl/α,β-unsaturated/α-hetero) is 1. The number of benzene rings is 3. The number of rotatable bonds is 6. The predicted molar refractivity (Wildman–Crippen MR) is 192 cm³/mol. The lowest BCUT2D eigenvalue weighted by Crippen LogP contribution is -2.81. The molecule has 7 rings (SSSR count). The van der Waals surface area contributed by atoms with Crippen LogP contribution in [0.15, 0.2) is 90.0 Å². The highest BCUT2D eigenvalue weighted by molar-refractivity contribution is 5.96. The molecule has 0 radical (unpaired) electrons. The molecule has 0 aromatic heterocycles. The van der Waals surface area contributed by atoms with E-state index in [-0.39, 0.29) is 30.6 Å². The Morgan fingerprint density at radius 2 is 1.60 bits per heavy atom. The summed E-state index contributed by atoms with van der Waals surface area (Å²) < 4.78 is 24.2. The predicted octanol–water partition coefficient (Wildman–Crippen LogP) is 4.50. The highest BCUT2D eigenvalue weighted by atomic mass is 16.6. The quantitative estimate of drug-likeness (QED) is 0.142. The number of aliphatic hydroxyl groups excluding tert-OH is 2. The molecule has 3 aromatic rings. The zero-order valence-corrected chi connectivity index (χ0v) is 30.3. The molecule has 3 aliphatic carbocycles. The van der Waals surface area contributed by atoms with Crippen LogP contribution in [0.5, 0.6) is 0 Å². The van der Waals surface area contributed by atoms with Gasteiger partial charge in [0.05, 0.1) is 29.6 Å². The number of fused-ring (bicyclic) bond motifs is 6. The van der Waals surface area contributed by atoms with Crippen LogP contribution in [0.1, 0.15) is 63.4 Å². The van der Waals surface area contributed by atoms with Gasteiger partial charge in [0.25, 0.3) is 0 Å². The summed E-state index contributed by atoms with van der Waals surface area (Å²) in [7, 11) is 0. The SMILES string of the molecule is CC(=O)O[C@@]12CO[C@@H]1C[C@H](O)C1(C)C(=O)[C@H](O)C3=C(C)[C@@H](OC(=O)/C=C/c4cccc5ccccc45)C[C@@](O)([C@@H](OC(=O)c4ccccc4)[C@@H]12)C3(C)C. The monoisotopic (exact) mass is 724 g/mol. The van der Waals surface area contributed by atoms with Crippen molar-refractivity contribution in [2.24, 2.45) is 16.7 Å². The van der Waals surface area contributed by atoms with E-state index >= 15 is 0 Å². The highest BCUT2D eigenvalue weighted by Crippen LogP contribution is 2.64. The average Bonchev–Trinajstić information content (AvgIpc) is 3.12. The number of ketones is 1. The maximum Gasteiger partial charge on any atom is 0.338 e. The van der Waals surface area contributed by atoms with Gasteiger partial charge in [-0.1, -0.05) is 74.5 Å². The van der Waals surface area contributed by atoms with Gasteiger partial charge in [0.15, 0.2) is 11.4 Å². The van der Waals surface area contributed by atoms with Crippen LogP contribution in [-0.4, -0.2) is 87.3 Å². The molecule has 278 valence electrons. The van der Waals surface area contributed by atoms with Gasteiger partial charge < -0.3 is 34.3 Å². The van der Waals surface area contributed by atoms with Gasteiger partial charge in [-0.15, -0.1) is 0 Å². The summed E-state index contributed by atoms with van der Waals surface area (Å²) in [5, 5.41) is 39.1. The highest BCUT2D eigenvalue weighted by Gasteiger charge is 2.78. The Morgan fingerprint density at radius 1 is 0.925 bits per heavy atom. The smallest absolute Gasteiger partial charge is 0.338 e. The first-order chi connectivity index (χ1) is 25.1. The molecule has 2 saturated carbocycles. The first-order valence-corrected chi connectivity index (χ1v) is 17.8. The van der Waals surface area contributed by atoms with Crippen molar-refractivity contribution < 1.29 is 53.4 Å². The van der Waals surface area contributed by atoms with Crippen molar-refractivity contribution >= 4 is 40.5 Å². The Labute approximate surface area is 307 Å². The second-order valence-electron chi connectivity index (χ2n) is 15.5. The van der Waals surface area contributed by atoms with Crippen molar-refractivity contribution in [3.05, 3.63) is 101 Å². The third-order valence-electron chi connectivity index (χ3n) is 12.4. The molecule has 4 aliphatic rings. The Morgan fingerprint density at radius 3 is 2.28 bits per heavy atom. The molecule has 53 heavy (non-hydrogen) atoms. The first-order valence-electron chi connectivity index (χ1n) is 17.8. The molecule has 1 unspecified atom stereocenters. The van der Waals surface area contributed by atoms with E-state index in [1.807, 2.05) is 42.5 Å². The lowest BCUT2D eigenvalue weighted by atomic mass is 9.44. The normalized spacial score (nSPS) is 34.6. The number of esters is 3. The van der Waals surface area contributed by atoms with E-state index in [1.165, 1.54) is 32.1 Å². The van der Waals surface area contributed by atoms with Crippen LogP contribution in [0, 0.1) is 16.7 Å². The Kier molecular flexibility index (Phi) is 9.01. The molecule has 3 aromatic carbocycles. The number of carbonyl (C=O) groups excluding carboxylic acids is 4. The van der Waals surface area contributed by atoms with Crippen molar-refractivity contribution in [2.45, 2.75) is 89.2 Å². The maximum atomic E-state index is 14.8. The summed E-state index contributed by atoms with van der Waals surface area (Å²) in [6, 6.07) is 21.5. The van der Waals surface area contributed by atoms with Crippen molar-refractivity contribution in [1.82, 2.24) is 0 Å². The lowest BCUT2D eigenvalue weighted by Gasteiger charge is -2.67. The van der Waals surface area contributed by atoms with Crippen LogP contribution in [0.3, 0.4) is 0 Å². The van der Waals surface area contributed by atoms with Gasteiger partial charge in [-0.2, -0.15) is 0 Å². The summed E-state index contributed by atoms with van der Waals surface area (Å²) in [4.78, 5) is 55.2. The van der Waals surface area contributed by atoms with E-state index in [0.29, 0.717) is 5.57 Å². The number of hydrogen-bond donors (Lipinski definition) is 3. The zero-order chi connectivity index (χ0) is 38.1. The largest absolute Gasteiger partial charge is 0.455 e. The minimum Gasteiger partial charge on any atom is -0.455 e. The molecule has 1 aliphatic heterocycles. The van der Waals surface area contributed by atoms with Gasteiger partial charge in [0.2, 0.25) is 0 Å². The Bertz CT molecular complexity index is 2050. The number of hydrogen-bond acceptors (Lipinski definition) is 11. The molecular weight excluding hydrogens is 680 g/mol. The van der Waals surface area contributed by atoms with Gasteiger partial charge in [-0.3, -0.25) is 9.59 Å². The summed E-state index contributed by atoms with van der Waals surface area (Å²) in [5.41, 5.74) is -5.90. The maximum absolute atomic E-state index is 14.8. The van der Waals surface area contributed by atoms with Crippen LogP contribution in [-0.2, 0) is 33.3 Å². The second-order valence-corrected chi connectivity index (χ2v) is 15.5. The summed E-state index contributed by atoms with van der Waals surface area (Å²) in [6.07, 6.45) is -4.67. The lowest BCUT2D eigenvalue weighted by molar-refractivity contribution is -0.345. The Balaban J connectivity index is 1.37. The first kappa shape index (κ1) is 36.7. The number of ether oxygens (including phenoxy) is 4. The van der Waals surface area contributed by atoms with Gasteiger partial charge in [0, 0.05) is 31.3 Å². The topological polar surface area (TPSA) is 166 Å². The fourth-order valence-electron chi connectivity index (χ4n) is 9.51. The fraction of sp³-hybridized carbons (Fsp3) is 0.429. The minimum absolute atomic E-state index is 0.0771. The van der Waals surface area contributed by atoms with Gasteiger partial charge in [-0.25, -0.2) is 9.59 Å². The molecule has 0 amide bonds. The van der Waals surface area contributed by atoms with Crippen molar-refractivity contribution in [1.29, 1.82) is 0 Å². The van der Waals surface area contributed by atoms with Crippen molar-refractivity contribution in [2.75, 3.05) is 6.61 Å². The molecule has 2 bridgehead atoms. The average molecular weight is 725 g/mol. The van der Waals surface area contributed by atoms with Gasteiger partial charge in [0.1, 0.15) is 30.0 Å². The third-order valence-corrected chi connectivity index (χ3v) is 12.4. The molecule has 1 saturated heterocycles. The summed E-state index contributed by atoms with van der Waals surface area (Å²) in [6.45, 7) is 7.29. The van der Waals surface area contributed by atoms with Crippen molar-refractivity contribution in [3.63, 3.8) is 0 Å². The van der Waals surface area contributed by atoms with Crippen LogP contribution < -0.4 is 0 Å². The third kappa shape index (κ3) is 5.55. The van der Waals surface area contributed by atoms with Crippen LogP contribution in [0.2, 0.25) is 0 Å². The number of carbonyl (C=O) groups is 4. The van der Waals surface area contributed by atoms with Crippen LogP contribution in [0.4, 0.5) is 0 Å². The number of aliphatic hydroxyl groups is 3.